The summed E-state index contributed by atoms with van der Waals surface area (Å²) in [5, 5.41) is 0. The van der Waals surface area contributed by atoms with Gasteiger partial charge in [-0.25, -0.2) is 10.2 Å². The summed E-state index contributed by atoms with van der Waals surface area (Å²) in [7, 11) is 0. The maximum absolute atomic E-state index is 11.5. The van der Waals surface area contributed by atoms with Gasteiger partial charge in [0.25, 0.3) is 0 Å². The molecule has 0 spiro atoms. The molecule has 1 amide bonds. The van der Waals surface area contributed by atoms with Crippen LogP contribution < -0.4 is 10.9 Å². The number of hydrogen-bond donors (Lipinski definition) is 2. The van der Waals surface area contributed by atoms with Crippen molar-refractivity contribution in [3.8, 4) is 0 Å². The average Bonchev–Trinajstić information content (AvgIpc) is 2.24. The van der Waals surface area contributed by atoms with Crippen LogP contribution in [0.2, 0.25) is 0 Å². The van der Waals surface area contributed by atoms with E-state index >= 15 is 0 Å². The minimum absolute atomic E-state index is 0.312. The van der Waals surface area contributed by atoms with Crippen LogP contribution in [-0.4, -0.2) is 17.7 Å². The zero-order chi connectivity index (χ0) is 14.8. The van der Waals surface area contributed by atoms with Gasteiger partial charge in [-0.2, -0.15) is 0 Å². The van der Waals surface area contributed by atoms with Crippen LogP contribution in [0, 0.1) is 0 Å². The van der Waals surface area contributed by atoms with E-state index in [1.165, 1.54) is 5.56 Å². The second-order valence-corrected chi connectivity index (χ2v) is 7.11. The van der Waals surface area contributed by atoms with Gasteiger partial charge in [0.15, 0.2) is 0 Å². The molecule has 0 heterocycles. The molecule has 0 bridgehead atoms. The molecular formula is C15H21BrN2O2. The molecule has 0 saturated heterocycles. The lowest BCUT2D eigenvalue weighted by molar-refractivity contribution is 0.0471. The number of carbonyl (C=O) groups excluding carboxylic acids is 1. The van der Waals surface area contributed by atoms with E-state index in [1.54, 1.807) is 0 Å². The van der Waals surface area contributed by atoms with Gasteiger partial charge in [-0.15, -0.1) is 0 Å². The average molecular weight is 341 g/mol. The summed E-state index contributed by atoms with van der Waals surface area (Å²) in [4.78, 5) is 11.5. The van der Waals surface area contributed by atoms with Crippen molar-refractivity contribution in [2.75, 3.05) is 0 Å². The highest BCUT2D eigenvalue weighted by atomic mass is 79.9. The van der Waals surface area contributed by atoms with Gasteiger partial charge in [-0.05, 0) is 57.2 Å². The Hall–Kier alpha value is -1.07. The van der Waals surface area contributed by atoms with Crippen molar-refractivity contribution in [3.05, 3.63) is 34.3 Å². The Morgan fingerprint density at radius 3 is 2.65 bits per heavy atom. The Morgan fingerprint density at radius 1 is 1.35 bits per heavy atom. The predicted molar refractivity (Wildman–Crippen MR) is 82.4 cm³/mol. The number of nitrogens with one attached hydrogen (secondary N) is 2. The molecular weight excluding hydrogens is 320 g/mol. The third-order valence-corrected chi connectivity index (χ3v) is 3.73. The van der Waals surface area contributed by atoms with E-state index in [0.717, 1.165) is 17.3 Å². The lowest BCUT2D eigenvalue weighted by atomic mass is 9.76. The third kappa shape index (κ3) is 4.49. The van der Waals surface area contributed by atoms with Crippen molar-refractivity contribution in [1.82, 2.24) is 10.9 Å². The van der Waals surface area contributed by atoms with Gasteiger partial charge >= 0.3 is 6.09 Å². The quantitative estimate of drug-likeness (QED) is 0.824. The first-order valence-corrected chi connectivity index (χ1v) is 7.63. The van der Waals surface area contributed by atoms with E-state index in [9.17, 15) is 4.79 Å². The number of ether oxygens (including phenoxy) is 1. The third-order valence-electron chi connectivity index (χ3n) is 3.24. The molecule has 20 heavy (non-hydrogen) atoms. The number of rotatable bonds is 3. The van der Waals surface area contributed by atoms with Gasteiger partial charge in [0.1, 0.15) is 5.60 Å². The topological polar surface area (TPSA) is 50.4 Å². The molecule has 1 aromatic rings. The smallest absolute Gasteiger partial charge is 0.422 e. The van der Waals surface area contributed by atoms with Crippen LogP contribution in [0.3, 0.4) is 0 Å². The standard InChI is InChI=1S/C15H21BrN2O2/c1-15(2,3)20-14(19)18-17-13-8-11(9-13)10-5-4-6-12(16)7-10/h4-7,11,13,17H,8-9H2,1-3H3,(H,18,19). The summed E-state index contributed by atoms with van der Waals surface area (Å²) in [6.45, 7) is 5.54. The second kappa shape index (κ2) is 6.14. The van der Waals surface area contributed by atoms with Crippen molar-refractivity contribution in [2.45, 2.75) is 51.2 Å². The maximum Gasteiger partial charge on any atom is 0.422 e. The highest BCUT2D eigenvalue weighted by Crippen LogP contribution is 2.37. The fourth-order valence-electron chi connectivity index (χ4n) is 2.23. The first-order chi connectivity index (χ1) is 9.33. The van der Waals surface area contributed by atoms with E-state index in [1.807, 2.05) is 26.8 Å². The van der Waals surface area contributed by atoms with E-state index in [4.69, 9.17) is 4.74 Å². The number of carbonyl (C=O) groups is 1. The minimum atomic E-state index is -0.468. The van der Waals surface area contributed by atoms with Crippen LogP contribution in [0.15, 0.2) is 28.7 Å². The summed E-state index contributed by atoms with van der Waals surface area (Å²) in [6.07, 6.45) is 1.61. The van der Waals surface area contributed by atoms with E-state index in [-0.39, 0.29) is 0 Å². The monoisotopic (exact) mass is 340 g/mol. The molecule has 1 aromatic carbocycles. The SMILES string of the molecule is CC(C)(C)OC(=O)NNC1CC(c2cccc(Br)c2)C1. The molecule has 1 aliphatic carbocycles. The fraction of sp³-hybridized carbons (Fsp3) is 0.533. The molecule has 2 rings (SSSR count). The van der Waals surface area contributed by atoms with Gasteiger partial charge in [0.2, 0.25) is 0 Å². The molecule has 1 saturated carbocycles. The molecule has 110 valence electrons. The molecule has 0 aliphatic heterocycles. The number of benzene rings is 1. The van der Waals surface area contributed by atoms with Gasteiger partial charge < -0.3 is 4.74 Å². The Bertz CT molecular complexity index is 479. The molecule has 0 atom stereocenters. The van der Waals surface area contributed by atoms with Crippen LogP contribution in [0.4, 0.5) is 4.79 Å². The number of hydrazine groups is 1. The van der Waals surface area contributed by atoms with Crippen LogP contribution in [-0.2, 0) is 4.74 Å². The summed E-state index contributed by atoms with van der Waals surface area (Å²) in [5.74, 6) is 0.561. The van der Waals surface area contributed by atoms with Crippen LogP contribution in [0.25, 0.3) is 0 Å². The highest BCUT2D eigenvalue weighted by molar-refractivity contribution is 9.10. The molecule has 0 aromatic heterocycles. The van der Waals surface area contributed by atoms with Crippen molar-refractivity contribution in [3.63, 3.8) is 0 Å². The molecule has 1 fully saturated rings. The van der Waals surface area contributed by atoms with E-state index < -0.39 is 11.7 Å². The van der Waals surface area contributed by atoms with Crippen molar-refractivity contribution in [1.29, 1.82) is 0 Å². The molecule has 4 nitrogen and oxygen atoms in total. The minimum Gasteiger partial charge on any atom is -0.443 e. The lowest BCUT2D eigenvalue weighted by Crippen LogP contribution is -2.50. The summed E-state index contributed by atoms with van der Waals surface area (Å²) in [6, 6.07) is 8.70. The summed E-state index contributed by atoms with van der Waals surface area (Å²) >= 11 is 3.49. The largest absolute Gasteiger partial charge is 0.443 e. The van der Waals surface area contributed by atoms with E-state index in [0.29, 0.717) is 12.0 Å². The van der Waals surface area contributed by atoms with E-state index in [2.05, 4.69) is 45.0 Å². The number of halogens is 1. The first-order valence-electron chi connectivity index (χ1n) is 6.83. The predicted octanol–water partition coefficient (Wildman–Crippen LogP) is 3.72. The molecule has 0 radical (unpaired) electrons. The summed E-state index contributed by atoms with van der Waals surface area (Å²) < 4.78 is 6.27. The molecule has 0 unspecified atom stereocenters. The van der Waals surface area contributed by atoms with Crippen LogP contribution in [0.5, 0.6) is 0 Å². The van der Waals surface area contributed by atoms with Crippen molar-refractivity contribution in [2.24, 2.45) is 0 Å². The molecule has 5 heteroatoms. The van der Waals surface area contributed by atoms with Crippen LogP contribution >= 0.6 is 15.9 Å². The Morgan fingerprint density at radius 2 is 2.05 bits per heavy atom. The second-order valence-electron chi connectivity index (χ2n) is 6.19. The van der Waals surface area contributed by atoms with Crippen molar-refractivity contribution < 1.29 is 9.53 Å². The normalized spacial score (nSPS) is 22.0. The fourth-order valence-corrected chi connectivity index (χ4v) is 2.65. The Labute approximate surface area is 128 Å². The first kappa shape index (κ1) is 15.3. The highest BCUT2D eigenvalue weighted by Gasteiger charge is 2.30. The molecule has 1 aliphatic rings. The van der Waals surface area contributed by atoms with Crippen molar-refractivity contribution >= 4 is 22.0 Å². The number of hydrogen-bond acceptors (Lipinski definition) is 3. The number of amides is 1. The lowest BCUT2D eigenvalue weighted by Gasteiger charge is -2.36. The van der Waals surface area contributed by atoms with Crippen LogP contribution in [0.1, 0.15) is 45.1 Å². The zero-order valence-electron chi connectivity index (χ0n) is 12.1. The van der Waals surface area contributed by atoms with Gasteiger partial charge in [-0.1, -0.05) is 28.1 Å². The maximum atomic E-state index is 11.5. The molecule has 2 N–H and O–H groups in total. The summed E-state index contributed by atoms with van der Waals surface area (Å²) in [5.41, 5.74) is 6.50. The van der Waals surface area contributed by atoms with Gasteiger partial charge in [0.05, 0.1) is 0 Å². The van der Waals surface area contributed by atoms with Gasteiger partial charge in [0, 0.05) is 10.5 Å². The zero-order valence-corrected chi connectivity index (χ0v) is 13.7. The Balaban J connectivity index is 1.71. The Kier molecular flexibility index (Phi) is 4.70. The van der Waals surface area contributed by atoms with Gasteiger partial charge in [-0.3, -0.25) is 5.43 Å².